The van der Waals surface area contributed by atoms with E-state index in [4.69, 9.17) is 4.74 Å². The first kappa shape index (κ1) is 24.0. The molecule has 0 aliphatic rings. The van der Waals surface area contributed by atoms with Gasteiger partial charge in [0.25, 0.3) is 0 Å². The first-order valence-electron chi connectivity index (χ1n) is 10.3. The van der Waals surface area contributed by atoms with E-state index in [1.54, 1.807) is 0 Å². The minimum atomic E-state index is -0.451. The van der Waals surface area contributed by atoms with Gasteiger partial charge < -0.3 is 20.1 Å². The Bertz CT molecular complexity index is 673. The molecule has 0 saturated heterocycles. The van der Waals surface area contributed by atoms with E-state index < -0.39 is 6.10 Å². The molecule has 2 N–H and O–H groups in total. The van der Waals surface area contributed by atoms with Crippen LogP contribution < -0.4 is 10.2 Å². The summed E-state index contributed by atoms with van der Waals surface area (Å²) in [6.07, 6.45) is -0.290. The van der Waals surface area contributed by atoms with Crippen LogP contribution in [0.4, 0.5) is 11.4 Å². The Balaban J connectivity index is 0.000000330. The molecule has 0 amide bonds. The maximum atomic E-state index is 9.96. The van der Waals surface area contributed by atoms with E-state index in [2.05, 4.69) is 80.4 Å². The lowest BCUT2D eigenvalue weighted by molar-refractivity contribution is 0.00897. The predicted octanol–water partition coefficient (Wildman–Crippen LogP) is 5.03. The number of aryl methyl sites for hydroxylation is 2. The average Bonchev–Trinajstić information content (AvgIpc) is 2.65. The van der Waals surface area contributed by atoms with Gasteiger partial charge in [0.05, 0.1) is 18.8 Å². The second-order valence-electron chi connectivity index (χ2n) is 7.31. The van der Waals surface area contributed by atoms with Crippen molar-refractivity contribution in [1.29, 1.82) is 0 Å². The summed E-state index contributed by atoms with van der Waals surface area (Å²) in [4.78, 5) is 2.17. The average molecular weight is 387 g/mol. The van der Waals surface area contributed by atoms with Crippen LogP contribution in [-0.2, 0) is 4.74 Å². The van der Waals surface area contributed by atoms with E-state index in [0.717, 1.165) is 18.8 Å². The Morgan fingerprint density at radius 1 is 1.00 bits per heavy atom. The summed E-state index contributed by atoms with van der Waals surface area (Å²) in [5.41, 5.74) is 4.90. The first-order valence-corrected chi connectivity index (χ1v) is 10.3. The molecule has 4 heteroatoms. The predicted molar refractivity (Wildman–Crippen MR) is 122 cm³/mol. The van der Waals surface area contributed by atoms with Crippen molar-refractivity contribution in [3.05, 3.63) is 59.7 Å². The number of hydrogen-bond acceptors (Lipinski definition) is 4. The zero-order valence-corrected chi connectivity index (χ0v) is 18.4. The fourth-order valence-electron chi connectivity index (χ4n) is 2.81. The van der Waals surface area contributed by atoms with E-state index in [9.17, 15) is 5.11 Å². The summed E-state index contributed by atoms with van der Waals surface area (Å²) in [5.74, 6) is 0. The van der Waals surface area contributed by atoms with E-state index in [1.165, 1.54) is 16.8 Å². The van der Waals surface area contributed by atoms with Crippen molar-refractivity contribution in [1.82, 2.24) is 0 Å². The molecule has 0 aromatic heterocycles. The molecule has 0 aliphatic heterocycles. The van der Waals surface area contributed by atoms with Gasteiger partial charge in [-0.25, -0.2) is 0 Å². The van der Waals surface area contributed by atoms with Gasteiger partial charge in [0.15, 0.2) is 0 Å². The minimum Gasteiger partial charge on any atom is -0.389 e. The summed E-state index contributed by atoms with van der Waals surface area (Å²) in [5, 5.41) is 13.2. The van der Waals surface area contributed by atoms with Gasteiger partial charge in [-0.3, -0.25) is 0 Å². The molecular formula is C24H38N2O2. The molecule has 28 heavy (non-hydrogen) atoms. The zero-order valence-electron chi connectivity index (χ0n) is 18.4. The molecule has 0 radical (unpaired) electrons. The summed E-state index contributed by atoms with van der Waals surface area (Å²) in [7, 11) is 0. The number of anilines is 2. The third kappa shape index (κ3) is 9.77. The van der Waals surface area contributed by atoms with Gasteiger partial charge in [0.2, 0.25) is 0 Å². The molecule has 1 atom stereocenters. The summed E-state index contributed by atoms with van der Waals surface area (Å²) in [6, 6.07) is 16.7. The van der Waals surface area contributed by atoms with Crippen molar-refractivity contribution in [2.45, 2.75) is 53.8 Å². The lowest BCUT2D eigenvalue weighted by Crippen LogP contribution is -2.35. The Kier molecular flexibility index (Phi) is 11.3. The van der Waals surface area contributed by atoms with Gasteiger partial charge in [-0.1, -0.05) is 24.3 Å². The fraction of sp³-hybridized carbons (Fsp3) is 0.500. The number of nitrogens with one attached hydrogen (secondary N) is 1. The number of nitrogens with zero attached hydrogens (tertiary/aromatic N) is 1. The van der Waals surface area contributed by atoms with Crippen molar-refractivity contribution >= 4 is 11.4 Å². The number of rotatable bonds is 9. The maximum Gasteiger partial charge on any atom is 0.0948 e. The van der Waals surface area contributed by atoms with Crippen LogP contribution in [0.3, 0.4) is 0 Å². The van der Waals surface area contributed by atoms with E-state index in [-0.39, 0.29) is 6.10 Å². The quantitative estimate of drug-likeness (QED) is 0.634. The number of likely N-dealkylation sites (N-methyl/N-ethyl adjacent to an activating group) is 1. The summed E-state index contributed by atoms with van der Waals surface area (Å²) in [6.45, 7) is 15.2. The molecule has 2 aromatic carbocycles. The molecular weight excluding hydrogens is 348 g/mol. The lowest BCUT2D eigenvalue weighted by atomic mass is 10.2. The number of benzene rings is 2. The van der Waals surface area contributed by atoms with Gasteiger partial charge in [-0.05, 0) is 76.9 Å². The molecule has 0 spiro atoms. The highest BCUT2D eigenvalue weighted by molar-refractivity contribution is 5.48. The van der Waals surface area contributed by atoms with Crippen LogP contribution in [0.15, 0.2) is 48.5 Å². The zero-order chi connectivity index (χ0) is 20.9. The van der Waals surface area contributed by atoms with Crippen LogP contribution in [0.2, 0.25) is 0 Å². The second-order valence-corrected chi connectivity index (χ2v) is 7.31. The van der Waals surface area contributed by atoms with Gasteiger partial charge in [0, 0.05) is 31.0 Å². The molecule has 0 bridgehead atoms. The number of aliphatic hydroxyl groups excluding tert-OH is 1. The van der Waals surface area contributed by atoms with Crippen molar-refractivity contribution in [3.8, 4) is 0 Å². The Labute approximate surface area is 171 Å². The molecule has 0 aliphatic carbocycles. The monoisotopic (exact) mass is 386 g/mol. The van der Waals surface area contributed by atoms with E-state index in [0.29, 0.717) is 13.2 Å². The molecule has 0 fully saturated rings. The molecule has 0 heterocycles. The van der Waals surface area contributed by atoms with Crippen molar-refractivity contribution in [2.75, 3.05) is 36.5 Å². The second kappa shape index (κ2) is 13.2. The van der Waals surface area contributed by atoms with Gasteiger partial charge in [-0.2, -0.15) is 0 Å². The highest BCUT2D eigenvalue weighted by Gasteiger charge is 2.12. The largest absolute Gasteiger partial charge is 0.389 e. The van der Waals surface area contributed by atoms with Crippen LogP contribution in [-0.4, -0.2) is 43.6 Å². The van der Waals surface area contributed by atoms with E-state index in [1.807, 2.05) is 19.9 Å². The highest BCUT2D eigenvalue weighted by atomic mass is 16.5. The summed E-state index contributed by atoms with van der Waals surface area (Å²) < 4.78 is 5.43. The highest BCUT2D eigenvalue weighted by Crippen LogP contribution is 2.16. The topological polar surface area (TPSA) is 44.7 Å². The van der Waals surface area contributed by atoms with Gasteiger partial charge in [0.1, 0.15) is 0 Å². The first-order chi connectivity index (χ1) is 13.3. The Morgan fingerprint density at radius 3 is 2.18 bits per heavy atom. The number of aliphatic hydroxyl groups is 1. The maximum absolute atomic E-state index is 9.96. The van der Waals surface area contributed by atoms with Crippen LogP contribution in [0.25, 0.3) is 0 Å². The molecule has 2 rings (SSSR count). The molecule has 0 saturated carbocycles. The van der Waals surface area contributed by atoms with E-state index >= 15 is 0 Å². The Hall–Kier alpha value is -2.04. The fourth-order valence-corrected chi connectivity index (χ4v) is 2.81. The lowest BCUT2D eigenvalue weighted by Gasteiger charge is -2.26. The van der Waals surface area contributed by atoms with Crippen LogP contribution in [0.1, 0.15) is 38.8 Å². The smallest absolute Gasteiger partial charge is 0.0948 e. The van der Waals surface area contributed by atoms with Gasteiger partial charge >= 0.3 is 0 Å². The van der Waals surface area contributed by atoms with Gasteiger partial charge in [-0.15, -0.1) is 0 Å². The minimum absolute atomic E-state index is 0.161. The van der Waals surface area contributed by atoms with Crippen LogP contribution >= 0.6 is 0 Å². The number of hydrogen-bond donors (Lipinski definition) is 2. The molecule has 4 nitrogen and oxygen atoms in total. The van der Waals surface area contributed by atoms with Crippen molar-refractivity contribution in [2.24, 2.45) is 0 Å². The SMILES string of the molecule is CCN(CC(O)COC(C)C)c1cccc(C)c1.CCNc1cccc(C)c1. The molecule has 1 unspecified atom stereocenters. The van der Waals surface area contributed by atoms with Crippen LogP contribution in [0.5, 0.6) is 0 Å². The standard InChI is InChI=1S/C15H25NO2.C9H13N/c1-5-16(10-15(17)11-18-12(2)3)14-8-6-7-13(4)9-14;1-3-10-9-6-4-5-8(2)7-9/h6-9,12,15,17H,5,10-11H2,1-4H3;4-7,10H,3H2,1-2H3. The van der Waals surface area contributed by atoms with Crippen molar-refractivity contribution < 1.29 is 9.84 Å². The third-order valence-corrected chi connectivity index (χ3v) is 4.20. The Morgan fingerprint density at radius 2 is 1.64 bits per heavy atom. The molecule has 156 valence electrons. The van der Waals surface area contributed by atoms with Crippen molar-refractivity contribution in [3.63, 3.8) is 0 Å². The van der Waals surface area contributed by atoms with Crippen LogP contribution in [0, 0.1) is 13.8 Å². The summed E-state index contributed by atoms with van der Waals surface area (Å²) >= 11 is 0. The number of ether oxygens (including phenoxy) is 1. The third-order valence-electron chi connectivity index (χ3n) is 4.20. The normalized spacial score (nSPS) is 11.6. The molecule has 2 aromatic rings.